The molecule has 0 aliphatic heterocycles. The fraction of sp³-hybridized carbons (Fsp3) is 0.176. The van der Waals surface area contributed by atoms with Crippen LogP contribution in [0.5, 0.6) is 0 Å². The molecular weight excluding hydrogens is 394 g/mol. The van der Waals surface area contributed by atoms with E-state index in [1.54, 1.807) is 0 Å². The van der Waals surface area contributed by atoms with E-state index in [2.05, 4.69) is 81.4 Å². The van der Waals surface area contributed by atoms with Crippen LogP contribution in [-0.4, -0.2) is 0 Å². The van der Waals surface area contributed by atoms with Crippen molar-refractivity contribution >= 4 is 48.5 Å². The van der Waals surface area contributed by atoms with E-state index in [0.29, 0.717) is 0 Å². The van der Waals surface area contributed by atoms with Gasteiger partial charge in [0.05, 0.1) is 6.04 Å². The highest BCUT2D eigenvalue weighted by molar-refractivity contribution is 9.10. The summed E-state index contributed by atoms with van der Waals surface area (Å²) in [5.74, 6) is 0.934. The van der Waals surface area contributed by atoms with Crippen LogP contribution in [0.3, 0.4) is 0 Å². The number of rotatable bonds is 3. The molecule has 1 N–H and O–H groups in total. The molecule has 0 bridgehead atoms. The third kappa shape index (κ3) is 3.16. The summed E-state index contributed by atoms with van der Waals surface area (Å²) in [6.45, 7) is 4.18. The lowest BCUT2D eigenvalue weighted by atomic mass is 10.2. The topological polar surface area (TPSA) is 25.2 Å². The van der Waals surface area contributed by atoms with E-state index in [1.807, 2.05) is 12.1 Å². The Morgan fingerprint density at radius 2 is 1.86 bits per heavy atom. The van der Waals surface area contributed by atoms with Crippen molar-refractivity contribution in [3.63, 3.8) is 0 Å². The van der Waals surface area contributed by atoms with Gasteiger partial charge in [0.2, 0.25) is 0 Å². The number of anilines is 1. The molecule has 3 rings (SSSR count). The minimum absolute atomic E-state index is 0.108. The molecule has 1 aromatic heterocycles. The largest absolute Gasteiger partial charge is 0.459 e. The van der Waals surface area contributed by atoms with Crippen LogP contribution < -0.4 is 5.32 Å². The van der Waals surface area contributed by atoms with Gasteiger partial charge < -0.3 is 9.73 Å². The average molecular weight is 409 g/mol. The Labute approximate surface area is 140 Å². The number of fused-ring (bicyclic) bond motifs is 1. The Balaban J connectivity index is 1.85. The van der Waals surface area contributed by atoms with Gasteiger partial charge in [0.15, 0.2) is 0 Å². The van der Waals surface area contributed by atoms with E-state index in [1.165, 1.54) is 5.56 Å². The van der Waals surface area contributed by atoms with Gasteiger partial charge in [0.1, 0.15) is 11.3 Å². The first-order chi connectivity index (χ1) is 10.0. The smallest absolute Gasteiger partial charge is 0.134 e. The van der Waals surface area contributed by atoms with Gasteiger partial charge in [-0.3, -0.25) is 0 Å². The first kappa shape index (κ1) is 14.7. The number of benzene rings is 2. The van der Waals surface area contributed by atoms with Gasteiger partial charge in [-0.15, -0.1) is 0 Å². The van der Waals surface area contributed by atoms with Gasteiger partial charge in [-0.2, -0.15) is 0 Å². The van der Waals surface area contributed by atoms with E-state index in [0.717, 1.165) is 31.4 Å². The molecule has 0 radical (unpaired) electrons. The van der Waals surface area contributed by atoms with Crippen LogP contribution in [0, 0.1) is 6.92 Å². The highest BCUT2D eigenvalue weighted by Gasteiger charge is 2.12. The lowest BCUT2D eigenvalue weighted by Crippen LogP contribution is -2.05. The Morgan fingerprint density at radius 1 is 1.05 bits per heavy atom. The van der Waals surface area contributed by atoms with Gasteiger partial charge in [-0.05, 0) is 61.9 Å². The summed E-state index contributed by atoms with van der Waals surface area (Å²) in [5, 5.41) is 4.59. The minimum Gasteiger partial charge on any atom is -0.459 e. The molecule has 2 nitrogen and oxygen atoms in total. The molecule has 0 spiro atoms. The van der Waals surface area contributed by atoms with Crippen molar-refractivity contribution in [1.29, 1.82) is 0 Å². The van der Waals surface area contributed by atoms with Crippen LogP contribution in [0.1, 0.15) is 24.3 Å². The second-order valence-corrected chi connectivity index (χ2v) is 6.93. The van der Waals surface area contributed by atoms with Crippen molar-refractivity contribution in [2.24, 2.45) is 0 Å². The Hall–Kier alpha value is -1.26. The Morgan fingerprint density at radius 3 is 2.62 bits per heavy atom. The molecule has 0 saturated carbocycles. The third-order valence-corrected chi connectivity index (χ3v) is 4.85. The van der Waals surface area contributed by atoms with Crippen LogP contribution in [0.2, 0.25) is 0 Å². The van der Waals surface area contributed by atoms with E-state index >= 15 is 0 Å². The van der Waals surface area contributed by atoms with Crippen molar-refractivity contribution in [2.75, 3.05) is 5.32 Å². The molecule has 3 aromatic rings. The van der Waals surface area contributed by atoms with Crippen LogP contribution in [0.15, 0.2) is 55.8 Å². The van der Waals surface area contributed by atoms with Crippen molar-refractivity contribution in [1.82, 2.24) is 0 Å². The maximum atomic E-state index is 5.92. The number of furan rings is 1. The minimum atomic E-state index is 0.108. The summed E-state index contributed by atoms with van der Waals surface area (Å²) in [7, 11) is 0. The average Bonchev–Trinajstić information content (AvgIpc) is 2.86. The SMILES string of the molecule is Cc1cc(NC(C)c2cc3cc(Br)ccc3o2)ccc1Br. The lowest BCUT2D eigenvalue weighted by Gasteiger charge is -2.13. The fourth-order valence-corrected chi connectivity index (χ4v) is 2.93. The summed E-state index contributed by atoms with van der Waals surface area (Å²) < 4.78 is 8.10. The molecule has 1 atom stereocenters. The molecule has 108 valence electrons. The quantitative estimate of drug-likeness (QED) is 0.539. The highest BCUT2D eigenvalue weighted by Crippen LogP contribution is 2.29. The maximum absolute atomic E-state index is 5.92. The molecule has 1 unspecified atom stereocenters. The standard InChI is InChI=1S/C17H15Br2NO/c1-10-7-14(4-5-15(10)19)20-11(2)17-9-12-8-13(18)3-6-16(12)21-17/h3-9,11,20H,1-2H3. The zero-order chi connectivity index (χ0) is 15.0. The fourth-order valence-electron chi connectivity index (χ4n) is 2.30. The summed E-state index contributed by atoms with van der Waals surface area (Å²) in [5.41, 5.74) is 3.21. The molecule has 1 heterocycles. The van der Waals surface area contributed by atoms with Crippen LogP contribution in [-0.2, 0) is 0 Å². The Bertz CT molecular complexity index is 795. The molecule has 2 aromatic carbocycles. The summed E-state index contributed by atoms with van der Waals surface area (Å²) in [4.78, 5) is 0. The van der Waals surface area contributed by atoms with E-state index in [9.17, 15) is 0 Å². The maximum Gasteiger partial charge on any atom is 0.134 e. The highest BCUT2D eigenvalue weighted by atomic mass is 79.9. The normalized spacial score (nSPS) is 12.6. The molecule has 0 saturated heterocycles. The van der Waals surface area contributed by atoms with Crippen molar-refractivity contribution in [2.45, 2.75) is 19.9 Å². The number of hydrogen-bond donors (Lipinski definition) is 1. The van der Waals surface area contributed by atoms with Crippen LogP contribution in [0.25, 0.3) is 11.0 Å². The van der Waals surface area contributed by atoms with E-state index in [4.69, 9.17) is 4.42 Å². The van der Waals surface area contributed by atoms with Gasteiger partial charge in [0.25, 0.3) is 0 Å². The molecule has 0 aliphatic carbocycles. The third-order valence-electron chi connectivity index (χ3n) is 3.47. The summed E-state index contributed by atoms with van der Waals surface area (Å²) in [6, 6.07) is 14.5. The van der Waals surface area contributed by atoms with Crippen LogP contribution in [0.4, 0.5) is 5.69 Å². The first-order valence-electron chi connectivity index (χ1n) is 6.74. The predicted octanol–water partition coefficient (Wildman–Crippen LogP) is 6.44. The Kier molecular flexibility index (Phi) is 4.09. The molecule has 4 heteroatoms. The van der Waals surface area contributed by atoms with E-state index < -0.39 is 0 Å². The predicted molar refractivity (Wildman–Crippen MR) is 94.8 cm³/mol. The van der Waals surface area contributed by atoms with Gasteiger partial charge in [-0.1, -0.05) is 31.9 Å². The van der Waals surface area contributed by atoms with Crippen molar-refractivity contribution < 1.29 is 4.42 Å². The molecule has 0 fully saturated rings. The number of halogens is 2. The number of aryl methyl sites for hydroxylation is 1. The second kappa shape index (κ2) is 5.85. The summed E-state index contributed by atoms with van der Waals surface area (Å²) in [6.07, 6.45) is 0. The van der Waals surface area contributed by atoms with Gasteiger partial charge >= 0.3 is 0 Å². The van der Waals surface area contributed by atoms with Gasteiger partial charge in [0, 0.05) is 20.0 Å². The van der Waals surface area contributed by atoms with Crippen molar-refractivity contribution in [3.8, 4) is 0 Å². The molecule has 0 amide bonds. The van der Waals surface area contributed by atoms with Gasteiger partial charge in [-0.25, -0.2) is 0 Å². The molecular formula is C17H15Br2NO. The summed E-state index contributed by atoms with van der Waals surface area (Å²) >= 11 is 7.01. The zero-order valence-electron chi connectivity index (χ0n) is 11.8. The van der Waals surface area contributed by atoms with Crippen molar-refractivity contribution in [3.05, 3.63) is 62.7 Å². The zero-order valence-corrected chi connectivity index (χ0v) is 15.0. The first-order valence-corrected chi connectivity index (χ1v) is 8.33. The van der Waals surface area contributed by atoms with Crippen LogP contribution >= 0.6 is 31.9 Å². The molecule has 0 aliphatic rings. The second-order valence-electron chi connectivity index (χ2n) is 5.16. The monoisotopic (exact) mass is 407 g/mol. The number of hydrogen-bond acceptors (Lipinski definition) is 2. The molecule has 21 heavy (non-hydrogen) atoms. The van der Waals surface area contributed by atoms with E-state index in [-0.39, 0.29) is 6.04 Å². The lowest BCUT2D eigenvalue weighted by molar-refractivity contribution is 0.526. The number of nitrogens with one attached hydrogen (secondary N) is 1.